The van der Waals surface area contributed by atoms with Crippen LogP contribution < -0.4 is 5.32 Å². The number of hydrogen-bond acceptors (Lipinski definition) is 2. The van der Waals surface area contributed by atoms with Crippen LogP contribution in [-0.4, -0.2) is 35.5 Å². The number of rotatable bonds is 3. The number of benzene rings is 1. The van der Waals surface area contributed by atoms with Crippen molar-refractivity contribution in [3.8, 4) is 0 Å². The number of carbonyl (C=O) groups is 1. The summed E-state index contributed by atoms with van der Waals surface area (Å²) in [4.78, 5) is 18.0. The van der Waals surface area contributed by atoms with Crippen molar-refractivity contribution in [2.24, 2.45) is 0 Å². The predicted molar refractivity (Wildman–Crippen MR) is 75.0 cm³/mol. The first-order valence-corrected chi connectivity index (χ1v) is 6.70. The van der Waals surface area contributed by atoms with Gasteiger partial charge in [0.1, 0.15) is 0 Å². The topological polar surface area (TPSA) is 45.2 Å². The monoisotopic (exact) mass is 255 g/mol. The van der Waals surface area contributed by atoms with Crippen LogP contribution in [0, 0.1) is 0 Å². The van der Waals surface area contributed by atoms with E-state index in [4.69, 9.17) is 0 Å². The minimum atomic E-state index is 0.0550. The van der Waals surface area contributed by atoms with Gasteiger partial charge >= 0.3 is 6.03 Å². The van der Waals surface area contributed by atoms with Crippen molar-refractivity contribution in [2.75, 3.05) is 19.6 Å². The fourth-order valence-electron chi connectivity index (χ4n) is 2.52. The maximum absolute atomic E-state index is 11.7. The van der Waals surface area contributed by atoms with E-state index in [0.717, 1.165) is 43.4 Å². The fourth-order valence-corrected chi connectivity index (χ4v) is 2.52. The van der Waals surface area contributed by atoms with Crippen molar-refractivity contribution < 1.29 is 4.79 Å². The van der Waals surface area contributed by atoms with Crippen LogP contribution in [0.25, 0.3) is 10.9 Å². The molecule has 2 aromatic rings. The Hall–Kier alpha value is -2.10. The highest BCUT2D eigenvalue weighted by Crippen LogP contribution is 2.16. The molecule has 0 radical (unpaired) electrons. The smallest absolute Gasteiger partial charge is 0.317 e. The van der Waals surface area contributed by atoms with Crippen LogP contribution in [0.1, 0.15) is 12.0 Å². The van der Waals surface area contributed by atoms with E-state index in [-0.39, 0.29) is 6.03 Å². The van der Waals surface area contributed by atoms with Gasteiger partial charge in [0.05, 0.1) is 5.52 Å². The molecule has 1 aromatic heterocycles. The number of carbonyl (C=O) groups excluding carboxylic acids is 1. The first kappa shape index (κ1) is 12.0. The Morgan fingerprint density at radius 1 is 1.26 bits per heavy atom. The first-order valence-electron chi connectivity index (χ1n) is 6.70. The minimum Gasteiger partial charge on any atom is -0.338 e. The highest BCUT2D eigenvalue weighted by atomic mass is 16.2. The molecule has 2 heterocycles. The average Bonchev–Trinajstić information content (AvgIpc) is 2.46. The molecule has 0 bridgehead atoms. The second-order valence-corrected chi connectivity index (χ2v) is 4.81. The molecule has 19 heavy (non-hydrogen) atoms. The molecule has 1 aliphatic rings. The van der Waals surface area contributed by atoms with Gasteiger partial charge in [-0.3, -0.25) is 4.98 Å². The van der Waals surface area contributed by atoms with E-state index in [1.165, 1.54) is 5.56 Å². The molecule has 0 saturated carbocycles. The summed E-state index contributed by atoms with van der Waals surface area (Å²) in [6.45, 7) is 2.40. The Kier molecular flexibility index (Phi) is 3.31. The second-order valence-electron chi connectivity index (χ2n) is 4.81. The van der Waals surface area contributed by atoms with E-state index in [2.05, 4.69) is 34.6 Å². The Balaban J connectivity index is 1.76. The summed E-state index contributed by atoms with van der Waals surface area (Å²) >= 11 is 0. The molecule has 0 spiro atoms. The molecular weight excluding hydrogens is 238 g/mol. The molecule has 1 aromatic carbocycles. The van der Waals surface area contributed by atoms with Gasteiger partial charge in [-0.05, 0) is 24.5 Å². The third-order valence-corrected chi connectivity index (χ3v) is 3.54. The molecule has 3 rings (SSSR count). The maximum atomic E-state index is 11.7. The molecule has 1 N–H and O–H groups in total. The first-order chi connectivity index (χ1) is 9.34. The van der Waals surface area contributed by atoms with Gasteiger partial charge in [-0.25, -0.2) is 4.79 Å². The van der Waals surface area contributed by atoms with E-state index in [0.29, 0.717) is 0 Å². The van der Waals surface area contributed by atoms with E-state index in [1.54, 1.807) is 0 Å². The molecule has 1 fully saturated rings. The number of nitrogens with one attached hydrogen (secondary N) is 1. The molecule has 2 amide bonds. The van der Waals surface area contributed by atoms with Gasteiger partial charge < -0.3 is 10.2 Å². The van der Waals surface area contributed by atoms with Crippen LogP contribution >= 0.6 is 0 Å². The third kappa shape index (κ3) is 2.52. The largest absolute Gasteiger partial charge is 0.338 e. The SMILES string of the molecule is O=C1NCCCN1CCc1cccc2cccnc12. The Bertz CT molecular complexity index is 591. The summed E-state index contributed by atoms with van der Waals surface area (Å²) in [5, 5.41) is 4.03. The van der Waals surface area contributed by atoms with Gasteiger partial charge in [0, 0.05) is 31.2 Å². The molecule has 1 aliphatic heterocycles. The number of para-hydroxylation sites is 1. The van der Waals surface area contributed by atoms with Crippen molar-refractivity contribution >= 4 is 16.9 Å². The lowest BCUT2D eigenvalue weighted by Gasteiger charge is -2.27. The Labute approximate surface area is 112 Å². The van der Waals surface area contributed by atoms with Gasteiger partial charge in [0.25, 0.3) is 0 Å². The predicted octanol–water partition coefficient (Wildman–Crippen LogP) is 2.19. The summed E-state index contributed by atoms with van der Waals surface area (Å²) < 4.78 is 0. The van der Waals surface area contributed by atoms with Crippen LogP contribution in [0.15, 0.2) is 36.5 Å². The lowest BCUT2D eigenvalue weighted by atomic mass is 10.1. The van der Waals surface area contributed by atoms with Gasteiger partial charge in [-0.15, -0.1) is 0 Å². The van der Waals surface area contributed by atoms with Gasteiger partial charge in [-0.2, -0.15) is 0 Å². The quantitative estimate of drug-likeness (QED) is 0.913. The summed E-state index contributed by atoms with van der Waals surface area (Å²) in [5.74, 6) is 0. The molecule has 1 saturated heterocycles. The highest BCUT2D eigenvalue weighted by molar-refractivity contribution is 5.81. The van der Waals surface area contributed by atoms with Crippen LogP contribution in [-0.2, 0) is 6.42 Å². The number of hydrogen-bond donors (Lipinski definition) is 1. The second kappa shape index (κ2) is 5.26. The van der Waals surface area contributed by atoms with Crippen LogP contribution in [0.3, 0.4) is 0 Å². The molecule has 0 unspecified atom stereocenters. The number of fused-ring (bicyclic) bond motifs is 1. The molecule has 0 aliphatic carbocycles. The van der Waals surface area contributed by atoms with E-state index in [1.807, 2.05) is 17.2 Å². The average molecular weight is 255 g/mol. The van der Waals surface area contributed by atoms with Crippen LogP contribution in [0.2, 0.25) is 0 Å². The zero-order chi connectivity index (χ0) is 13.1. The Morgan fingerprint density at radius 2 is 2.16 bits per heavy atom. The molecular formula is C15H17N3O. The maximum Gasteiger partial charge on any atom is 0.317 e. The number of amides is 2. The van der Waals surface area contributed by atoms with Gasteiger partial charge in [-0.1, -0.05) is 24.3 Å². The van der Waals surface area contributed by atoms with Crippen molar-refractivity contribution in [2.45, 2.75) is 12.8 Å². The fraction of sp³-hybridized carbons (Fsp3) is 0.333. The van der Waals surface area contributed by atoms with E-state index in [9.17, 15) is 4.79 Å². The van der Waals surface area contributed by atoms with E-state index >= 15 is 0 Å². The zero-order valence-corrected chi connectivity index (χ0v) is 10.8. The lowest BCUT2D eigenvalue weighted by molar-refractivity contribution is 0.187. The van der Waals surface area contributed by atoms with Crippen LogP contribution in [0.5, 0.6) is 0 Å². The van der Waals surface area contributed by atoms with Crippen LogP contribution in [0.4, 0.5) is 4.79 Å². The molecule has 4 nitrogen and oxygen atoms in total. The van der Waals surface area contributed by atoms with E-state index < -0.39 is 0 Å². The number of nitrogens with zero attached hydrogens (tertiary/aromatic N) is 2. The highest BCUT2D eigenvalue weighted by Gasteiger charge is 2.17. The lowest BCUT2D eigenvalue weighted by Crippen LogP contribution is -2.47. The van der Waals surface area contributed by atoms with Crippen molar-refractivity contribution in [3.05, 3.63) is 42.1 Å². The molecule has 4 heteroatoms. The summed E-state index contributed by atoms with van der Waals surface area (Å²) in [5.41, 5.74) is 2.25. The van der Waals surface area contributed by atoms with Crippen molar-refractivity contribution in [1.82, 2.24) is 15.2 Å². The molecule has 0 atom stereocenters. The summed E-state index contributed by atoms with van der Waals surface area (Å²) in [6.07, 6.45) is 3.70. The van der Waals surface area contributed by atoms with Gasteiger partial charge in [0.2, 0.25) is 0 Å². The summed E-state index contributed by atoms with van der Waals surface area (Å²) in [7, 11) is 0. The normalized spacial score (nSPS) is 15.6. The van der Waals surface area contributed by atoms with Crippen molar-refractivity contribution in [3.63, 3.8) is 0 Å². The number of aromatic nitrogens is 1. The standard InChI is InChI=1S/C15H17N3O/c19-15-17-9-3-10-18(15)11-7-13-5-1-4-12-6-2-8-16-14(12)13/h1-2,4-6,8H,3,7,9-11H2,(H,17,19). The minimum absolute atomic E-state index is 0.0550. The van der Waals surface area contributed by atoms with Gasteiger partial charge in [0.15, 0.2) is 0 Å². The molecule has 98 valence electrons. The number of urea groups is 1. The third-order valence-electron chi connectivity index (χ3n) is 3.54. The van der Waals surface area contributed by atoms with Crippen molar-refractivity contribution in [1.29, 1.82) is 0 Å². The number of pyridine rings is 1. The zero-order valence-electron chi connectivity index (χ0n) is 10.8. The Morgan fingerprint density at radius 3 is 3.05 bits per heavy atom. The summed E-state index contributed by atoms with van der Waals surface area (Å²) in [6, 6.07) is 10.3.